The van der Waals surface area contributed by atoms with Gasteiger partial charge in [0.25, 0.3) is 10.0 Å². The molecule has 142 valence electrons. The Labute approximate surface area is 156 Å². The average Bonchev–Trinajstić information content (AvgIpc) is 2.79. The SMILES string of the molecule is CC(C)=CC(=O)C1N(S(=O)(=O)c2ccc(C)cc2)C(C(C)C)=NC1(C)C. The predicted molar refractivity (Wildman–Crippen MR) is 105 cm³/mol. The lowest BCUT2D eigenvalue weighted by atomic mass is 9.92. The number of carbonyl (C=O) groups excluding carboxylic acids is 1. The molecule has 26 heavy (non-hydrogen) atoms. The number of amidine groups is 1. The minimum absolute atomic E-state index is 0.126. The summed E-state index contributed by atoms with van der Waals surface area (Å²) in [5.41, 5.74) is 0.970. The molecule has 1 aliphatic rings. The molecule has 5 nitrogen and oxygen atoms in total. The summed E-state index contributed by atoms with van der Waals surface area (Å²) in [4.78, 5) is 17.7. The molecule has 1 heterocycles. The van der Waals surface area contributed by atoms with E-state index in [4.69, 9.17) is 0 Å². The summed E-state index contributed by atoms with van der Waals surface area (Å²) in [5.74, 6) is 0.0557. The molecule has 0 amide bonds. The van der Waals surface area contributed by atoms with E-state index in [1.54, 1.807) is 38.1 Å². The van der Waals surface area contributed by atoms with Crippen molar-refractivity contribution in [3.05, 3.63) is 41.5 Å². The van der Waals surface area contributed by atoms with Crippen LogP contribution in [0.15, 0.2) is 45.8 Å². The van der Waals surface area contributed by atoms with Crippen LogP contribution in [0, 0.1) is 12.8 Å². The summed E-state index contributed by atoms with van der Waals surface area (Å²) in [5, 5.41) is 0. The fourth-order valence-electron chi connectivity index (χ4n) is 3.12. The molecule has 1 aromatic rings. The van der Waals surface area contributed by atoms with Crippen LogP contribution in [0.4, 0.5) is 0 Å². The van der Waals surface area contributed by atoms with Gasteiger partial charge in [-0.25, -0.2) is 12.7 Å². The lowest BCUT2D eigenvalue weighted by Gasteiger charge is -2.32. The Morgan fingerprint density at radius 2 is 1.73 bits per heavy atom. The summed E-state index contributed by atoms with van der Waals surface area (Å²) in [7, 11) is -3.90. The molecule has 0 radical (unpaired) electrons. The van der Waals surface area contributed by atoms with Crippen LogP contribution in [-0.4, -0.2) is 35.9 Å². The number of nitrogens with zero attached hydrogens (tertiary/aromatic N) is 2. The molecule has 6 heteroatoms. The van der Waals surface area contributed by atoms with Gasteiger partial charge in [-0.05, 0) is 52.8 Å². The van der Waals surface area contributed by atoms with E-state index in [2.05, 4.69) is 4.99 Å². The first-order valence-electron chi connectivity index (χ1n) is 8.77. The molecule has 0 N–H and O–H groups in total. The number of benzene rings is 1. The maximum Gasteiger partial charge on any atom is 0.266 e. The van der Waals surface area contributed by atoms with Gasteiger partial charge in [0, 0.05) is 5.92 Å². The number of hydrogen-bond donors (Lipinski definition) is 0. The highest BCUT2D eigenvalue weighted by Crippen LogP contribution is 2.36. The van der Waals surface area contributed by atoms with Crippen LogP contribution in [0.3, 0.4) is 0 Å². The molecule has 0 spiro atoms. The maximum atomic E-state index is 13.4. The zero-order chi connectivity index (χ0) is 19.9. The molecule has 0 aliphatic carbocycles. The van der Waals surface area contributed by atoms with Crippen LogP contribution in [0.1, 0.15) is 47.1 Å². The number of carbonyl (C=O) groups is 1. The highest BCUT2D eigenvalue weighted by atomic mass is 32.2. The molecule has 1 atom stereocenters. The molecule has 2 rings (SSSR count). The van der Waals surface area contributed by atoms with Gasteiger partial charge in [-0.15, -0.1) is 0 Å². The predicted octanol–water partition coefficient (Wildman–Crippen LogP) is 3.74. The lowest BCUT2D eigenvalue weighted by Crippen LogP contribution is -2.52. The van der Waals surface area contributed by atoms with Crippen LogP contribution in [0.25, 0.3) is 0 Å². The van der Waals surface area contributed by atoms with Gasteiger partial charge in [0.05, 0.1) is 10.4 Å². The second kappa shape index (κ2) is 6.99. The normalized spacial score (nSPS) is 19.5. The first-order valence-corrected chi connectivity index (χ1v) is 10.2. The quantitative estimate of drug-likeness (QED) is 0.735. The van der Waals surface area contributed by atoms with Gasteiger partial charge in [-0.3, -0.25) is 9.79 Å². The third-order valence-corrected chi connectivity index (χ3v) is 6.11. The van der Waals surface area contributed by atoms with Crippen LogP contribution in [0.5, 0.6) is 0 Å². The zero-order valence-electron chi connectivity index (χ0n) is 16.6. The van der Waals surface area contributed by atoms with E-state index in [9.17, 15) is 13.2 Å². The van der Waals surface area contributed by atoms with E-state index < -0.39 is 21.6 Å². The van der Waals surface area contributed by atoms with E-state index >= 15 is 0 Å². The third-order valence-electron chi connectivity index (χ3n) is 4.33. The molecule has 0 bridgehead atoms. The van der Waals surface area contributed by atoms with Gasteiger partial charge >= 0.3 is 0 Å². The Morgan fingerprint density at radius 3 is 2.19 bits per heavy atom. The van der Waals surface area contributed by atoms with Crippen molar-refractivity contribution in [3.8, 4) is 0 Å². The van der Waals surface area contributed by atoms with E-state index in [1.165, 1.54) is 10.4 Å². The lowest BCUT2D eigenvalue weighted by molar-refractivity contribution is -0.118. The summed E-state index contributed by atoms with van der Waals surface area (Å²) in [6, 6.07) is 5.79. The van der Waals surface area contributed by atoms with Gasteiger partial charge in [0.15, 0.2) is 5.78 Å². The van der Waals surface area contributed by atoms with Crippen molar-refractivity contribution in [1.29, 1.82) is 0 Å². The minimum atomic E-state index is -3.90. The molecule has 1 aliphatic heterocycles. The largest absolute Gasteiger partial charge is 0.292 e. The van der Waals surface area contributed by atoms with Gasteiger partial charge in [-0.1, -0.05) is 37.1 Å². The standard InChI is InChI=1S/C20H28N2O3S/c1-13(2)12-17(23)18-20(6,7)21-19(14(3)4)22(18)26(24,25)16-10-8-15(5)9-11-16/h8-12,14,18H,1-7H3. The van der Waals surface area contributed by atoms with Crippen molar-refractivity contribution in [3.63, 3.8) is 0 Å². The summed E-state index contributed by atoms with van der Waals surface area (Å²) in [6.07, 6.45) is 1.50. The zero-order valence-corrected chi connectivity index (χ0v) is 17.4. The molecule has 0 saturated heterocycles. The molecule has 0 fully saturated rings. The van der Waals surface area contributed by atoms with E-state index in [-0.39, 0.29) is 16.6 Å². The monoisotopic (exact) mass is 376 g/mol. The number of ketones is 1. The van der Waals surface area contributed by atoms with Gasteiger partial charge in [-0.2, -0.15) is 0 Å². The number of aliphatic imine (C=N–C) groups is 1. The topological polar surface area (TPSA) is 66.8 Å². The van der Waals surface area contributed by atoms with E-state index in [0.29, 0.717) is 5.84 Å². The second-order valence-electron chi connectivity index (χ2n) is 7.92. The maximum absolute atomic E-state index is 13.4. The van der Waals surface area contributed by atoms with Crippen molar-refractivity contribution in [2.45, 2.75) is 64.9 Å². The van der Waals surface area contributed by atoms with Crippen LogP contribution < -0.4 is 0 Å². The fraction of sp³-hybridized carbons (Fsp3) is 0.500. The Morgan fingerprint density at radius 1 is 1.19 bits per heavy atom. The number of aryl methyl sites for hydroxylation is 1. The number of allylic oxidation sites excluding steroid dienone is 1. The molecule has 1 unspecified atom stereocenters. The first kappa shape index (κ1) is 20.4. The smallest absolute Gasteiger partial charge is 0.266 e. The summed E-state index contributed by atoms with van der Waals surface area (Å²) in [6.45, 7) is 12.9. The molecule has 0 saturated carbocycles. The number of hydrogen-bond acceptors (Lipinski definition) is 4. The number of rotatable bonds is 5. The molecular weight excluding hydrogens is 348 g/mol. The second-order valence-corrected chi connectivity index (χ2v) is 9.73. The van der Waals surface area contributed by atoms with E-state index in [0.717, 1.165) is 11.1 Å². The Kier molecular flexibility index (Phi) is 5.47. The van der Waals surface area contributed by atoms with Crippen molar-refractivity contribution >= 4 is 21.6 Å². The van der Waals surface area contributed by atoms with Crippen LogP contribution in [-0.2, 0) is 14.8 Å². The van der Waals surface area contributed by atoms with Gasteiger partial charge in [0.1, 0.15) is 11.9 Å². The molecular formula is C20H28N2O3S. The van der Waals surface area contributed by atoms with Crippen LogP contribution >= 0.6 is 0 Å². The van der Waals surface area contributed by atoms with E-state index in [1.807, 2.05) is 34.6 Å². The summed E-state index contributed by atoms with van der Waals surface area (Å²) >= 11 is 0. The van der Waals surface area contributed by atoms with Crippen molar-refractivity contribution in [1.82, 2.24) is 4.31 Å². The van der Waals surface area contributed by atoms with Gasteiger partial charge < -0.3 is 0 Å². The Hall–Kier alpha value is -1.95. The van der Waals surface area contributed by atoms with Crippen molar-refractivity contribution < 1.29 is 13.2 Å². The highest BCUT2D eigenvalue weighted by molar-refractivity contribution is 7.89. The Bertz CT molecular complexity index is 859. The highest BCUT2D eigenvalue weighted by Gasteiger charge is 2.51. The third kappa shape index (κ3) is 3.75. The fourth-order valence-corrected chi connectivity index (χ4v) is 4.97. The Balaban J connectivity index is 2.66. The number of sulfonamides is 1. The average molecular weight is 377 g/mol. The van der Waals surface area contributed by atoms with Crippen LogP contribution in [0.2, 0.25) is 0 Å². The molecule has 0 aromatic heterocycles. The summed E-state index contributed by atoms with van der Waals surface area (Å²) < 4.78 is 28.1. The minimum Gasteiger partial charge on any atom is -0.292 e. The van der Waals surface area contributed by atoms with Gasteiger partial charge in [0.2, 0.25) is 0 Å². The van der Waals surface area contributed by atoms with Crippen molar-refractivity contribution in [2.75, 3.05) is 0 Å². The first-order chi connectivity index (χ1) is 11.9. The van der Waals surface area contributed by atoms with Crippen molar-refractivity contribution in [2.24, 2.45) is 10.9 Å². The molecule has 1 aromatic carbocycles.